The zero-order valence-electron chi connectivity index (χ0n) is 78.3. The molecular formula is C116H129N3O7. The lowest BCUT2D eigenvalue weighted by Gasteiger charge is -2.15. The van der Waals surface area contributed by atoms with E-state index in [1.54, 1.807) is 25.2 Å². The lowest BCUT2D eigenvalue weighted by atomic mass is 9.90. The summed E-state index contributed by atoms with van der Waals surface area (Å²) in [6.07, 6.45) is 0. The van der Waals surface area contributed by atoms with Gasteiger partial charge < -0.3 is 10.1 Å². The minimum Gasteiger partial charge on any atom is -0.465 e. The molecule has 0 spiro atoms. The van der Waals surface area contributed by atoms with Crippen molar-refractivity contribution >= 4 is 23.3 Å². The van der Waals surface area contributed by atoms with Crippen LogP contribution in [0.2, 0.25) is 0 Å². The smallest absolute Gasteiger partial charge is 0.338 e. The van der Waals surface area contributed by atoms with E-state index in [0.29, 0.717) is 46.6 Å². The fourth-order valence-corrected chi connectivity index (χ4v) is 15.6. The Labute approximate surface area is 751 Å². The monoisotopic (exact) mass is 1680 g/mol. The Morgan fingerprint density at radius 3 is 0.833 bits per heavy atom. The van der Waals surface area contributed by atoms with Crippen LogP contribution >= 0.6 is 0 Å². The first-order valence-electron chi connectivity index (χ1n) is 44.0. The molecule has 0 unspecified atom stereocenters. The maximum atomic E-state index is 11.7. The number of esters is 1. The van der Waals surface area contributed by atoms with Crippen LogP contribution in [0.3, 0.4) is 0 Å². The molecule has 0 fully saturated rings. The van der Waals surface area contributed by atoms with Crippen molar-refractivity contribution in [2.45, 2.75) is 187 Å². The standard InChI is InChI=1S/C17H17NO4.C17H19NO.2C17H20.C16H17NO2.2C16H18/c1-11(2)15-6-4-5-7-16(15)12-8-13(17(19)22-3)10-14(9-12)18(20)21;1-12(2)15-9-4-5-10-16(15)13-7-6-8-14(11-13)17(19)18-3;2*1-12(2)15-7-5-6-8-16(15)17-11-13(3)9-10-14(17)4;1-11(2)15-6-4-5-7-16(15)13-8-12(3)9-14(10-13)17(18)19;2*1-12(2)15-9-4-5-10-16(15)14-8-6-7-13(3)11-14/h4-11H,1-3H3;4-12H,1-3H3,(H,18,19);2*5-12H,1-4H3;4-11H,1-3H3;2*4-12H,1-3H3. The predicted molar refractivity (Wildman–Crippen MR) is 533 cm³/mol. The summed E-state index contributed by atoms with van der Waals surface area (Å²) < 4.78 is 4.68. The molecule has 0 saturated heterocycles. The number of nitro groups is 2. The fourth-order valence-electron chi connectivity index (χ4n) is 15.6. The van der Waals surface area contributed by atoms with E-state index in [-0.39, 0.29) is 33.7 Å². The van der Waals surface area contributed by atoms with Gasteiger partial charge in [-0.2, -0.15) is 0 Å². The highest BCUT2D eigenvalue weighted by molar-refractivity contribution is 5.95. The number of nitrogens with one attached hydrogen (secondary N) is 1. The highest BCUT2D eigenvalue weighted by Crippen LogP contribution is 2.39. The van der Waals surface area contributed by atoms with Gasteiger partial charge in [0.2, 0.25) is 0 Å². The number of benzene rings is 14. The van der Waals surface area contributed by atoms with Crippen LogP contribution < -0.4 is 5.32 Å². The van der Waals surface area contributed by atoms with Crippen LogP contribution in [-0.4, -0.2) is 35.9 Å². The second-order valence-electron chi connectivity index (χ2n) is 34.6. The Morgan fingerprint density at radius 2 is 0.524 bits per heavy atom. The van der Waals surface area contributed by atoms with E-state index in [9.17, 15) is 29.8 Å². The number of rotatable bonds is 18. The number of methoxy groups -OCH3 is 1. The number of hydrogen-bond acceptors (Lipinski definition) is 7. The van der Waals surface area contributed by atoms with Gasteiger partial charge in [-0.15, -0.1) is 0 Å². The maximum absolute atomic E-state index is 11.7. The molecule has 0 saturated carbocycles. The van der Waals surface area contributed by atoms with E-state index in [4.69, 9.17) is 0 Å². The van der Waals surface area contributed by atoms with Gasteiger partial charge in [0.25, 0.3) is 17.3 Å². The average Bonchev–Trinajstić information content (AvgIpc) is 0.832. The Morgan fingerprint density at radius 1 is 0.262 bits per heavy atom. The first-order valence-corrected chi connectivity index (χ1v) is 44.0. The van der Waals surface area contributed by atoms with Crippen molar-refractivity contribution in [3.8, 4) is 77.9 Å². The summed E-state index contributed by atoms with van der Waals surface area (Å²) in [4.78, 5) is 44.7. The van der Waals surface area contributed by atoms with Gasteiger partial charge >= 0.3 is 5.97 Å². The first kappa shape index (κ1) is 98.3. The SMILES string of the molecule is CNC(=O)c1cccc(-c2ccccc2C(C)C)c1.COC(=O)c1cc(-c2ccccc2C(C)C)cc([N+](=O)[O-])c1.Cc1cc(-c2ccccc2C(C)C)cc([N+](=O)[O-])c1.Cc1ccc(C)c(-c2ccccc2C(C)C)c1.Cc1ccc(C)c(-c2ccccc2C(C)C)c1.Cc1cccc(-c2ccccc2C(C)C)c1.Cc1cccc(-c2ccccc2C(C)C)c1. The molecule has 0 bridgehead atoms. The molecule has 10 heteroatoms. The predicted octanol–water partition coefficient (Wildman–Crippen LogP) is 32.5. The number of nitrogens with zero attached hydrogens (tertiary/aromatic N) is 2. The quantitative estimate of drug-likeness (QED) is 0.0512. The molecule has 10 nitrogen and oxygen atoms in total. The highest BCUT2D eigenvalue weighted by Gasteiger charge is 2.21. The molecule has 0 aliphatic carbocycles. The summed E-state index contributed by atoms with van der Waals surface area (Å²) in [5.41, 5.74) is 35.7. The third-order valence-electron chi connectivity index (χ3n) is 22.2. The number of ether oxygens (including phenoxy) is 1. The molecule has 1 N–H and O–H groups in total. The van der Waals surface area contributed by atoms with Crippen molar-refractivity contribution in [2.75, 3.05) is 14.2 Å². The van der Waals surface area contributed by atoms with Gasteiger partial charge in [-0.3, -0.25) is 25.0 Å². The van der Waals surface area contributed by atoms with E-state index < -0.39 is 10.9 Å². The molecule has 0 radical (unpaired) electrons. The zero-order chi connectivity index (χ0) is 92.0. The molecule has 14 aromatic carbocycles. The second kappa shape index (κ2) is 47.6. The van der Waals surface area contributed by atoms with Crippen molar-refractivity contribution in [1.82, 2.24) is 5.32 Å². The first-order chi connectivity index (χ1) is 60.1. The number of nitro benzene ring substituents is 2. The summed E-state index contributed by atoms with van der Waals surface area (Å²) in [6.45, 7) is 45.6. The molecule has 126 heavy (non-hydrogen) atoms. The minimum absolute atomic E-state index is 0.0520. The lowest BCUT2D eigenvalue weighted by Crippen LogP contribution is -2.17. The Kier molecular flexibility index (Phi) is 37.1. The molecule has 0 atom stereocenters. The zero-order valence-corrected chi connectivity index (χ0v) is 78.3. The lowest BCUT2D eigenvalue weighted by molar-refractivity contribution is -0.385. The summed E-state index contributed by atoms with van der Waals surface area (Å²) >= 11 is 0. The number of amides is 1. The van der Waals surface area contributed by atoms with Crippen molar-refractivity contribution in [3.05, 3.63) is 425 Å². The summed E-state index contributed by atoms with van der Waals surface area (Å²) in [5, 5.41) is 24.7. The third-order valence-corrected chi connectivity index (χ3v) is 22.2. The second-order valence-corrected chi connectivity index (χ2v) is 34.6. The Bertz CT molecular complexity index is 5790. The fraction of sp³-hybridized carbons (Fsp3) is 0.259. The Hall–Kier alpha value is -13.2. The molecule has 0 aliphatic rings. The molecule has 14 aromatic rings. The van der Waals surface area contributed by atoms with E-state index >= 15 is 0 Å². The van der Waals surface area contributed by atoms with Crippen LogP contribution in [0.25, 0.3) is 77.9 Å². The summed E-state index contributed by atoms with van der Waals surface area (Å²) in [7, 11) is 2.90. The molecule has 14 rings (SSSR count). The van der Waals surface area contributed by atoms with Crippen LogP contribution in [0, 0.1) is 68.7 Å². The highest BCUT2D eigenvalue weighted by atomic mass is 16.6. The number of carbonyl (C=O) groups is 2. The molecule has 650 valence electrons. The van der Waals surface area contributed by atoms with Gasteiger partial charge in [0.1, 0.15) is 0 Å². The van der Waals surface area contributed by atoms with E-state index in [0.717, 1.165) is 33.4 Å². The van der Waals surface area contributed by atoms with Crippen LogP contribution in [0.5, 0.6) is 0 Å². The van der Waals surface area contributed by atoms with Crippen molar-refractivity contribution in [2.24, 2.45) is 0 Å². The maximum Gasteiger partial charge on any atom is 0.338 e. The van der Waals surface area contributed by atoms with Gasteiger partial charge in [-0.25, -0.2) is 4.79 Å². The number of non-ortho nitro benzene ring substituents is 2. The van der Waals surface area contributed by atoms with Gasteiger partial charge in [-0.05, 0) is 242 Å². The van der Waals surface area contributed by atoms with Gasteiger partial charge in [0.05, 0.1) is 22.5 Å². The molecule has 0 heterocycles. The van der Waals surface area contributed by atoms with Crippen LogP contribution in [0.15, 0.2) is 315 Å². The van der Waals surface area contributed by atoms with E-state index in [1.807, 2.05) is 85.8 Å². The molecule has 1 amide bonds. The number of aryl methyl sites for hydroxylation is 7. The van der Waals surface area contributed by atoms with Crippen molar-refractivity contribution in [3.63, 3.8) is 0 Å². The normalized spacial score (nSPS) is 10.7. The van der Waals surface area contributed by atoms with Gasteiger partial charge in [-0.1, -0.05) is 392 Å². The van der Waals surface area contributed by atoms with Crippen LogP contribution in [0.1, 0.15) is 237 Å². The Balaban J connectivity index is 0.000000182. The summed E-state index contributed by atoms with van der Waals surface area (Å²) in [5.74, 6) is 2.72. The summed E-state index contributed by atoms with van der Waals surface area (Å²) in [6, 6.07) is 107. The average molecular weight is 1680 g/mol. The molecule has 0 aliphatic heterocycles. The third kappa shape index (κ3) is 27.7. The topological polar surface area (TPSA) is 142 Å². The van der Waals surface area contributed by atoms with Crippen molar-refractivity contribution in [1.29, 1.82) is 0 Å². The van der Waals surface area contributed by atoms with Gasteiger partial charge in [0.15, 0.2) is 0 Å². The number of carbonyl (C=O) groups excluding carboxylic acids is 2. The van der Waals surface area contributed by atoms with Crippen molar-refractivity contribution < 1.29 is 24.2 Å². The largest absolute Gasteiger partial charge is 0.465 e. The van der Waals surface area contributed by atoms with E-state index in [2.05, 4.69) is 355 Å². The van der Waals surface area contributed by atoms with Crippen LogP contribution in [-0.2, 0) is 4.74 Å². The molecular weight excluding hydrogens is 1550 g/mol. The molecule has 0 aromatic heterocycles. The minimum atomic E-state index is -0.591. The number of hydrogen-bond donors (Lipinski definition) is 1. The van der Waals surface area contributed by atoms with E-state index in [1.165, 1.54) is 136 Å². The van der Waals surface area contributed by atoms with Gasteiger partial charge in [0, 0.05) is 36.9 Å². The van der Waals surface area contributed by atoms with Crippen LogP contribution in [0.4, 0.5) is 11.4 Å².